The summed E-state index contributed by atoms with van der Waals surface area (Å²) in [5.74, 6) is 0.561. The van der Waals surface area contributed by atoms with Gasteiger partial charge in [0.2, 0.25) is 5.96 Å². The van der Waals surface area contributed by atoms with E-state index in [4.69, 9.17) is 5.41 Å². The minimum absolute atomic E-state index is 0.291. The molecule has 1 aliphatic rings. The maximum atomic E-state index is 8.61. The molecule has 1 heterocycles. The largest absolute Gasteiger partial charge is 0.310 e. The third-order valence-corrected chi connectivity index (χ3v) is 4.12. The molecule has 1 aliphatic heterocycles. The van der Waals surface area contributed by atoms with Crippen LogP contribution in [0.5, 0.6) is 0 Å². The summed E-state index contributed by atoms with van der Waals surface area (Å²) in [4.78, 5) is 4.23. The van der Waals surface area contributed by atoms with E-state index in [1.807, 2.05) is 18.2 Å². The quantitative estimate of drug-likeness (QED) is 0.902. The number of hydrogen-bond donors (Lipinski definition) is 1. The Morgan fingerprint density at radius 2 is 1.57 bits per heavy atom. The molecular formula is C18H21N3. The number of nitrogens with zero attached hydrogens (tertiary/aromatic N) is 2. The fraction of sp³-hybridized carbons (Fsp3) is 0.278. The van der Waals surface area contributed by atoms with E-state index < -0.39 is 0 Å². The zero-order valence-corrected chi connectivity index (χ0v) is 12.8. The van der Waals surface area contributed by atoms with Gasteiger partial charge in [-0.2, -0.15) is 0 Å². The topological polar surface area (TPSA) is 30.3 Å². The van der Waals surface area contributed by atoms with Crippen LogP contribution in [0.15, 0.2) is 48.5 Å². The van der Waals surface area contributed by atoms with Gasteiger partial charge in [0.15, 0.2) is 0 Å². The second-order valence-corrected chi connectivity index (χ2v) is 5.73. The molecule has 0 aliphatic carbocycles. The van der Waals surface area contributed by atoms with Crippen LogP contribution in [0.3, 0.4) is 0 Å². The van der Waals surface area contributed by atoms with Crippen LogP contribution in [0.2, 0.25) is 0 Å². The maximum absolute atomic E-state index is 8.61. The molecule has 1 fully saturated rings. The zero-order chi connectivity index (χ0) is 15.0. The van der Waals surface area contributed by atoms with Crippen LogP contribution in [0.25, 0.3) is 0 Å². The molecule has 1 unspecified atom stereocenters. The molecule has 0 spiro atoms. The van der Waals surface area contributed by atoms with Crippen molar-refractivity contribution in [1.29, 1.82) is 5.41 Å². The standard InChI is InChI=1S/C18H21N3/c1-13-8-7-9-14(2)17(13)20-12-15(3)21(18(20)19)16-10-5-4-6-11-16/h4-11,15,19H,12H2,1-3H3. The van der Waals surface area contributed by atoms with Gasteiger partial charge in [-0.05, 0) is 44.0 Å². The van der Waals surface area contributed by atoms with Gasteiger partial charge < -0.3 is 9.80 Å². The average molecular weight is 279 g/mol. The highest BCUT2D eigenvalue weighted by molar-refractivity contribution is 6.09. The normalized spacial score (nSPS) is 18.4. The number of aryl methyl sites for hydroxylation is 2. The van der Waals surface area contributed by atoms with Crippen molar-refractivity contribution in [2.75, 3.05) is 16.3 Å². The molecular weight excluding hydrogens is 258 g/mol. The summed E-state index contributed by atoms with van der Waals surface area (Å²) >= 11 is 0. The van der Waals surface area contributed by atoms with Gasteiger partial charge in [0.1, 0.15) is 0 Å². The first kappa shape index (κ1) is 13.7. The molecule has 2 aromatic carbocycles. The SMILES string of the molecule is Cc1cccc(C)c1N1CC(C)N(c2ccccc2)C1=N. The molecule has 0 amide bonds. The van der Waals surface area contributed by atoms with Crippen LogP contribution >= 0.6 is 0 Å². The molecule has 0 bridgehead atoms. The Hall–Kier alpha value is -2.29. The van der Waals surface area contributed by atoms with E-state index in [0.717, 1.165) is 12.2 Å². The second kappa shape index (κ2) is 5.24. The maximum Gasteiger partial charge on any atom is 0.203 e. The number of anilines is 2. The fourth-order valence-electron chi connectivity index (χ4n) is 3.17. The van der Waals surface area contributed by atoms with Crippen molar-refractivity contribution < 1.29 is 0 Å². The Kier molecular flexibility index (Phi) is 3.42. The summed E-state index contributed by atoms with van der Waals surface area (Å²) in [7, 11) is 0. The molecule has 108 valence electrons. The van der Waals surface area contributed by atoms with Crippen molar-refractivity contribution in [2.24, 2.45) is 0 Å². The van der Waals surface area contributed by atoms with Crippen molar-refractivity contribution in [3.05, 3.63) is 59.7 Å². The molecule has 0 saturated carbocycles. The summed E-state index contributed by atoms with van der Waals surface area (Å²) in [5.41, 5.74) is 4.71. The van der Waals surface area contributed by atoms with Crippen LogP contribution in [-0.2, 0) is 0 Å². The van der Waals surface area contributed by atoms with Crippen LogP contribution < -0.4 is 9.80 Å². The van der Waals surface area contributed by atoms with Crippen LogP contribution in [-0.4, -0.2) is 18.5 Å². The first-order valence-electron chi connectivity index (χ1n) is 7.36. The van der Waals surface area contributed by atoms with Gasteiger partial charge in [0.05, 0.1) is 6.04 Å². The summed E-state index contributed by atoms with van der Waals surface area (Å²) in [6.07, 6.45) is 0. The first-order valence-corrected chi connectivity index (χ1v) is 7.36. The Morgan fingerprint density at radius 1 is 0.952 bits per heavy atom. The number of para-hydroxylation sites is 2. The lowest BCUT2D eigenvalue weighted by molar-refractivity contribution is 0.792. The van der Waals surface area contributed by atoms with Gasteiger partial charge in [0.25, 0.3) is 0 Å². The third kappa shape index (κ3) is 2.29. The highest BCUT2D eigenvalue weighted by Crippen LogP contribution is 2.32. The lowest BCUT2D eigenvalue weighted by Gasteiger charge is -2.25. The number of hydrogen-bond acceptors (Lipinski definition) is 1. The van der Waals surface area contributed by atoms with E-state index in [0.29, 0.717) is 12.0 Å². The third-order valence-electron chi connectivity index (χ3n) is 4.12. The van der Waals surface area contributed by atoms with Gasteiger partial charge in [-0.1, -0.05) is 36.4 Å². The van der Waals surface area contributed by atoms with E-state index in [1.165, 1.54) is 16.8 Å². The zero-order valence-electron chi connectivity index (χ0n) is 12.8. The summed E-state index contributed by atoms with van der Waals surface area (Å²) in [6.45, 7) is 7.26. The van der Waals surface area contributed by atoms with Gasteiger partial charge >= 0.3 is 0 Å². The van der Waals surface area contributed by atoms with Crippen molar-refractivity contribution in [2.45, 2.75) is 26.8 Å². The van der Waals surface area contributed by atoms with E-state index in [9.17, 15) is 0 Å². The minimum Gasteiger partial charge on any atom is -0.310 e. The van der Waals surface area contributed by atoms with E-state index in [2.05, 4.69) is 60.9 Å². The Balaban J connectivity index is 1.99. The number of benzene rings is 2. The van der Waals surface area contributed by atoms with Gasteiger partial charge in [-0.3, -0.25) is 5.41 Å². The Bertz CT molecular complexity index is 643. The molecule has 0 aromatic heterocycles. The summed E-state index contributed by atoms with van der Waals surface area (Å²) in [5, 5.41) is 8.61. The van der Waals surface area contributed by atoms with Gasteiger partial charge in [0, 0.05) is 17.9 Å². The van der Waals surface area contributed by atoms with Crippen LogP contribution in [0.4, 0.5) is 11.4 Å². The Morgan fingerprint density at radius 3 is 2.19 bits per heavy atom. The number of rotatable bonds is 2. The predicted molar refractivity (Wildman–Crippen MR) is 89.4 cm³/mol. The lowest BCUT2D eigenvalue weighted by atomic mass is 10.1. The van der Waals surface area contributed by atoms with Gasteiger partial charge in [-0.25, -0.2) is 0 Å². The molecule has 3 nitrogen and oxygen atoms in total. The van der Waals surface area contributed by atoms with Gasteiger partial charge in [-0.15, -0.1) is 0 Å². The fourth-order valence-corrected chi connectivity index (χ4v) is 3.17. The molecule has 2 aromatic rings. The average Bonchev–Trinajstić information content (AvgIpc) is 2.75. The number of nitrogens with one attached hydrogen (secondary N) is 1. The summed E-state index contributed by atoms with van der Waals surface area (Å²) < 4.78 is 0. The highest BCUT2D eigenvalue weighted by Gasteiger charge is 2.34. The molecule has 3 rings (SSSR count). The smallest absolute Gasteiger partial charge is 0.203 e. The monoisotopic (exact) mass is 279 g/mol. The minimum atomic E-state index is 0.291. The first-order chi connectivity index (χ1) is 10.1. The second-order valence-electron chi connectivity index (χ2n) is 5.73. The predicted octanol–water partition coefficient (Wildman–Crippen LogP) is 3.95. The van der Waals surface area contributed by atoms with Crippen molar-refractivity contribution in [3.63, 3.8) is 0 Å². The molecule has 3 heteroatoms. The number of guanidine groups is 1. The van der Waals surface area contributed by atoms with Crippen molar-refractivity contribution >= 4 is 17.3 Å². The van der Waals surface area contributed by atoms with Crippen LogP contribution in [0.1, 0.15) is 18.1 Å². The van der Waals surface area contributed by atoms with Crippen molar-refractivity contribution in [3.8, 4) is 0 Å². The molecule has 21 heavy (non-hydrogen) atoms. The Labute approximate surface area is 126 Å². The van der Waals surface area contributed by atoms with E-state index in [1.54, 1.807) is 0 Å². The molecule has 1 atom stereocenters. The highest BCUT2D eigenvalue weighted by atomic mass is 15.4. The van der Waals surface area contributed by atoms with Crippen molar-refractivity contribution in [1.82, 2.24) is 0 Å². The van der Waals surface area contributed by atoms with E-state index >= 15 is 0 Å². The summed E-state index contributed by atoms with van der Waals surface area (Å²) in [6, 6.07) is 16.8. The van der Waals surface area contributed by atoms with E-state index in [-0.39, 0.29) is 0 Å². The molecule has 0 radical (unpaired) electrons. The molecule has 1 saturated heterocycles. The van der Waals surface area contributed by atoms with Crippen LogP contribution in [0, 0.1) is 19.3 Å². The lowest BCUT2D eigenvalue weighted by Crippen LogP contribution is -2.35. The molecule has 1 N–H and O–H groups in total.